The van der Waals surface area contributed by atoms with Crippen molar-refractivity contribution in [3.8, 4) is 18.1 Å². The van der Waals surface area contributed by atoms with Crippen LogP contribution >= 0.6 is 12.4 Å². The first-order valence-corrected chi connectivity index (χ1v) is 25.5. The van der Waals surface area contributed by atoms with Crippen molar-refractivity contribution in [3.05, 3.63) is 53.6 Å². The average molecular weight is 1040 g/mol. The predicted octanol–water partition coefficient (Wildman–Crippen LogP) is 2.52. The highest BCUT2D eigenvalue weighted by Crippen LogP contribution is 2.28. The average Bonchev–Trinajstić information content (AvgIpc) is 4.11. The van der Waals surface area contributed by atoms with Gasteiger partial charge in [0, 0.05) is 58.9 Å². The number of piperazine rings is 2. The fourth-order valence-electron chi connectivity index (χ4n) is 8.59. The van der Waals surface area contributed by atoms with Gasteiger partial charge in [-0.05, 0) is 61.8 Å². The van der Waals surface area contributed by atoms with Crippen molar-refractivity contribution in [2.75, 3.05) is 120 Å². The topological polar surface area (TPSA) is 285 Å². The quantitative estimate of drug-likeness (QED) is 0.0386. The van der Waals surface area contributed by atoms with E-state index < -0.39 is 18.1 Å². The third kappa shape index (κ3) is 16.6. The Morgan fingerprint density at radius 1 is 0.753 bits per heavy atom. The molecule has 0 aliphatic carbocycles. The zero-order valence-corrected chi connectivity index (χ0v) is 43.8. The molecule has 23 nitrogen and oxygen atoms in total. The van der Waals surface area contributed by atoms with E-state index in [9.17, 15) is 14.7 Å². The van der Waals surface area contributed by atoms with Crippen LogP contribution in [0.3, 0.4) is 0 Å². The number of ether oxygens (including phenoxy) is 3. The number of aromatic nitrogens is 9. The van der Waals surface area contributed by atoms with Crippen LogP contribution in [0.5, 0.6) is 5.75 Å². The number of carbonyl (C=O) groups excluding carboxylic acids is 2. The number of hydrogen-bond acceptors (Lipinski definition) is 19. The summed E-state index contributed by atoms with van der Waals surface area (Å²) in [5, 5.41) is 30.6. The molecule has 73 heavy (non-hydrogen) atoms. The third-order valence-corrected chi connectivity index (χ3v) is 13.5. The number of amides is 2. The van der Waals surface area contributed by atoms with Crippen molar-refractivity contribution < 1.29 is 28.9 Å². The van der Waals surface area contributed by atoms with Gasteiger partial charge in [-0.15, -0.1) is 29.0 Å². The highest BCUT2D eigenvalue weighted by Gasteiger charge is 2.35. The van der Waals surface area contributed by atoms with Gasteiger partial charge in [0.1, 0.15) is 24.4 Å². The molecule has 24 heteroatoms. The van der Waals surface area contributed by atoms with E-state index in [1.165, 1.54) is 0 Å². The molecule has 4 aromatic rings. The van der Waals surface area contributed by atoms with Crippen LogP contribution in [-0.2, 0) is 30.2 Å². The number of unbranched alkanes of at least 4 members (excludes halogenated alkanes) is 1. The van der Waals surface area contributed by atoms with E-state index in [0.717, 1.165) is 31.2 Å². The van der Waals surface area contributed by atoms with Crippen LogP contribution in [-0.4, -0.2) is 177 Å². The van der Waals surface area contributed by atoms with E-state index in [1.807, 2.05) is 35.1 Å². The summed E-state index contributed by atoms with van der Waals surface area (Å²) in [4.78, 5) is 51.3. The Morgan fingerprint density at radius 2 is 1.32 bits per heavy atom. The highest BCUT2D eigenvalue weighted by molar-refractivity contribution is 5.85. The minimum Gasteiger partial charge on any atom is -0.508 e. The van der Waals surface area contributed by atoms with Crippen molar-refractivity contribution in [2.45, 2.75) is 90.4 Å². The van der Waals surface area contributed by atoms with E-state index >= 15 is 0 Å². The smallest absolute Gasteiger partial charge is 0.247 e. The molecule has 0 saturated carbocycles. The summed E-state index contributed by atoms with van der Waals surface area (Å²) in [6.07, 6.45) is 13.1. The van der Waals surface area contributed by atoms with Gasteiger partial charge >= 0.3 is 0 Å². The van der Waals surface area contributed by atoms with Crippen LogP contribution < -0.4 is 32.3 Å². The summed E-state index contributed by atoms with van der Waals surface area (Å²) in [7, 11) is 0. The minimum absolute atomic E-state index is 0. The molecule has 2 amide bonds. The lowest BCUT2D eigenvalue weighted by Gasteiger charge is -2.38. The zero-order chi connectivity index (χ0) is 51.4. The maximum atomic E-state index is 14.4. The number of nitrogens with one attached hydrogen (secondary N) is 1. The van der Waals surface area contributed by atoms with Gasteiger partial charge < -0.3 is 61.4 Å². The standard InChI is InChI=1S/C49H77N17O6.ClH/c1-6-26-70-28-30-72-31-29-71-27-17-53-47-54-48(63-22-18-61(19-23-63)45(68)42(11-9-10-16-50)65-34-41(58-59-65)43(52)35(4)7-2)56-49(55-47)64-24-20-62(21-25-64)46(69)44(36(5)8-3)66-33-40(57-60-66)39(51)32-37-12-14-38(67)15-13-37;/h1,12-15,33-36,39,42-44,67H,7-11,16-32,50-52H2,2-5H3,(H,53,54,55,56);1H/t35?,36-,39-,42-,43-,44-;/m0./s1. The molecule has 0 bridgehead atoms. The van der Waals surface area contributed by atoms with Crippen LogP contribution in [0.2, 0.25) is 0 Å². The normalized spacial score (nSPS) is 16.5. The molecule has 2 fully saturated rings. The number of nitrogens with zero attached hydrogens (tertiary/aromatic N) is 13. The summed E-state index contributed by atoms with van der Waals surface area (Å²) in [6.45, 7) is 15.3. The molecule has 2 aliphatic heterocycles. The zero-order valence-electron chi connectivity index (χ0n) is 43.0. The summed E-state index contributed by atoms with van der Waals surface area (Å²) in [5.74, 6) is 4.09. The molecular weight excluding hydrogens is 958 g/mol. The Labute approximate surface area is 435 Å². The van der Waals surface area contributed by atoms with Gasteiger partial charge in [0.05, 0.1) is 68.9 Å². The maximum absolute atomic E-state index is 14.4. The second kappa shape index (κ2) is 29.8. The van der Waals surface area contributed by atoms with E-state index in [2.05, 4.69) is 62.4 Å². The molecular formula is C49H78ClN17O6. The summed E-state index contributed by atoms with van der Waals surface area (Å²) in [5.41, 5.74) is 21.1. The largest absolute Gasteiger partial charge is 0.508 e. The lowest BCUT2D eigenvalue weighted by atomic mass is 9.97. The Morgan fingerprint density at radius 3 is 1.92 bits per heavy atom. The van der Waals surface area contributed by atoms with Crippen LogP contribution in [0, 0.1) is 24.2 Å². The monoisotopic (exact) mass is 1040 g/mol. The Kier molecular flexibility index (Phi) is 23.8. The SMILES string of the molecule is C#CCOCCOCCOCCNc1nc(N2CCN(C(=O)[C@H]([C@@H](C)CC)n3cc([C@@H](N)Cc4ccc(O)cc4)nn3)CC2)nc(N2CCN(C(=O)[C@H](CCCCN)n3cc([C@@H](N)C(C)CC)nn3)CC2)n1.Cl. The maximum Gasteiger partial charge on any atom is 0.247 e. The Bertz CT molecular complexity index is 2300. The predicted molar refractivity (Wildman–Crippen MR) is 280 cm³/mol. The molecule has 2 saturated heterocycles. The first kappa shape index (κ1) is 58.2. The number of phenols is 1. The first-order valence-electron chi connectivity index (χ1n) is 25.5. The molecule has 1 unspecified atom stereocenters. The minimum atomic E-state index is -0.571. The fraction of sp³-hybridized carbons (Fsp3) is 0.653. The van der Waals surface area contributed by atoms with E-state index in [1.54, 1.807) is 27.7 Å². The number of phenolic OH excluding ortho intramolecular Hbond substituents is 1. The molecule has 2 aliphatic rings. The van der Waals surface area contributed by atoms with Gasteiger partial charge in [-0.1, -0.05) is 69.0 Å². The van der Waals surface area contributed by atoms with E-state index in [0.29, 0.717) is 141 Å². The lowest BCUT2D eigenvalue weighted by Crippen LogP contribution is -2.52. The second-order valence-corrected chi connectivity index (χ2v) is 18.6. The second-order valence-electron chi connectivity index (χ2n) is 18.6. The van der Waals surface area contributed by atoms with Gasteiger partial charge in [0.25, 0.3) is 0 Å². The Hall–Kier alpha value is -5.74. The van der Waals surface area contributed by atoms with Gasteiger partial charge in [0.15, 0.2) is 0 Å². The highest BCUT2D eigenvalue weighted by atomic mass is 35.5. The van der Waals surface area contributed by atoms with Crippen molar-refractivity contribution in [1.82, 2.24) is 54.7 Å². The van der Waals surface area contributed by atoms with E-state index in [-0.39, 0.29) is 54.5 Å². The molecule has 3 aromatic heterocycles. The molecule has 0 spiro atoms. The van der Waals surface area contributed by atoms with Crippen LogP contribution in [0.25, 0.3) is 0 Å². The summed E-state index contributed by atoms with van der Waals surface area (Å²) >= 11 is 0. The summed E-state index contributed by atoms with van der Waals surface area (Å²) in [6, 6.07) is 5.09. The summed E-state index contributed by atoms with van der Waals surface area (Å²) < 4.78 is 19.9. The number of carbonyl (C=O) groups is 2. The Balaban J connectivity index is 0.00000988. The molecule has 8 N–H and O–H groups in total. The van der Waals surface area contributed by atoms with Gasteiger partial charge in [0.2, 0.25) is 29.7 Å². The molecule has 5 heterocycles. The number of hydrogen-bond donors (Lipinski definition) is 5. The van der Waals surface area contributed by atoms with Crippen molar-refractivity contribution in [2.24, 2.45) is 29.0 Å². The fourth-order valence-corrected chi connectivity index (χ4v) is 8.59. The number of halogens is 1. The van der Waals surface area contributed by atoms with Crippen molar-refractivity contribution in [1.29, 1.82) is 0 Å². The van der Waals surface area contributed by atoms with Gasteiger partial charge in [-0.2, -0.15) is 15.0 Å². The number of terminal acetylenes is 1. The van der Waals surface area contributed by atoms with Gasteiger partial charge in [-0.3, -0.25) is 9.59 Å². The number of nitrogens with two attached hydrogens (primary N) is 3. The number of benzene rings is 1. The van der Waals surface area contributed by atoms with Crippen LogP contribution in [0.4, 0.5) is 17.8 Å². The molecule has 6 rings (SSSR count). The third-order valence-electron chi connectivity index (χ3n) is 13.5. The molecule has 1 aromatic carbocycles. The number of anilines is 3. The number of aromatic hydroxyl groups is 1. The van der Waals surface area contributed by atoms with Crippen LogP contribution in [0.15, 0.2) is 36.7 Å². The van der Waals surface area contributed by atoms with Crippen molar-refractivity contribution >= 4 is 42.1 Å². The first-order chi connectivity index (χ1) is 34.9. The molecule has 402 valence electrons. The molecule has 6 atom stereocenters. The van der Waals surface area contributed by atoms with Crippen LogP contribution in [0.1, 0.15) is 101 Å². The van der Waals surface area contributed by atoms with Gasteiger partial charge in [-0.25, -0.2) is 9.36 Å². The lowest BCUT2D eigenvalue weighted by molar-refractivity contribution is -0.137. The molecule has 0 radical (unpaired) electrons. The van der Waals surface area contributed by atoms with E-state index in [4.69, 9.17) is 52.8 Å². The van der Waals surface area contributed by atoms with Crippen molar-refractivity contribution in [3.63, 3.8) is 0 Å². The number of rotatable bonds is 29.